The van der Waals surface area contributed by atoms with Gasteiger partial charge < -0.3 is 9.30 Å². The third-order valence-electron chi connectivity index (χ3n) is 4.13. The minimum Gasteiger partial charge on any atom is -0.490 e. The van der Waals surface area contributed by atoms with Gasteiger partial charge in [-0.05, 0) is 24.1 Å². The van der Waals surface area contributed by atoms with Crippen molar-refractivity contribution in [2.45, 2.75) is 6.54 Å². The van der Waals surface area contributed by atoms with E-state index < -0.39 is 11.2 Å². The highest BCUT2D eigenvalue weighted by atomic mass is 16.5. The van der Waals surface area contributed by atoms with Crippen molar-refractivity contribution in [2.75, 3.05) is 6.61 Å². The van der Waals surface area contributed by atoms with Crippen LogP contribution in [0.15, 0.2) is 46.5 Å². The van der Waals surface area contributed by atoms with Crippen LogP contribution in [0, 0.1) is 24.2 Å². The maximum absolute atomic E-state index is 12.7. The van der Waals surface area contributed by atoms with E-state index in [9.17, 15) is 9.59 Å². The first-order chi connectivity index (χ1) is 13.5. The van der Waals surface area contributed by atoms with Gasteiger partial charge in [0.1, 0.15) is 12.4 Å². The Kier molecular flexibility index (Phi) is 5.19. The number of nitrogens with zero attached hydrogens (tertiary/aromatic N) is 4. The van der Waals surface area contributed by atoms with Crippen LogP contribution in [0.1, 0.15) is 11.4 Å². The Morgan fingerprint density at radius 3 is 2.75 bits per heavy atom. The fourth-order valence-electron chi connectivity index (χ4n) is 2.73. The molecule has 0 atom stereocenters. The van der Waals surface area contributed by atoms with Crippen molar-refractivity contribution >= 4 is 11.2 Å². The molecule has 0 spiro atoms. The van der Waals surface area contributed by atoms with Gasteiger partial charge in [0.25, 0.3) is 5.56 Å². The highest BCUT2D eigenvalue weighted by molar-refractivity contribution is 5.72. The molecule has 0 saturated heterocycles. The van der Waals surface area contributed by atoms with Gasteiger partial charge in [-0.2, -0.15) is 0 Å². The van der Waals surface area contributed by atoms with Crippen LogP contribution < -0.4 is 16.0 Å². The summed E-state index contributed by atoms with van der Waals surface area (Å²) in [5, 5.41) is 0. The standard InChI is InChI=1S/C21H18N4O3/c1-5-12-25-20(26)18-19(24(4)21(25)27)22-17(23(18)3)11-10-15-8-7-9-16(14-15)28-13-6-2/h1,6-9,14H,2,12-13H2,3-4H3. The third-order valence-corrected chi connectivity index (χ3v) is 4.13. The molecule has 3 rings (SSSR count). The minimum atomic E-state index is -0.514. The minimum absolute atomic E-state index is 0.106. The van der Waals surface area contributed by atoms with Crippen molar-refractivity contribution in [1.29, 1.82) is 0 Å². The first-order valence-electron chi connectivity index (χ1n) is 8.43. The Bertz CT molecular complexity index is 1290. The van der Waals surface area contributed by atoms with Crippen LogP contribution in [0.25, 0.3) is 11.2 Å². The second-order valence-corrected chi connectivity index (χ2v) is 5.98. The van der Waals surface area contributed by atoms with E-state index in [0.29, 0.717) is 18.2 Å². The van der Waals surface area contributed by atoms with Crippen LogP contribution in [0.5, 0.6) is 5.75 Å². The van der Waals surface area contributed by atoms with E-state index in [4.69, 9.17) is 11.2 Å². The fourth-order valence-corrected chi connectivity index (χ4v) is 2.73. The van der Waals surface area contributed by atoms with Crippen LogP contribution in [0.4, 0.5) is 0 Å². The molecule has 0 aliphatic rings. The molecule has 1 aromatic carbocycles. The van der Waals surface area contributed by atoms with E-state index in [1.165, 1.54) is 4.57 Å². The maximum Gasteiger partial charge on any atom is 0.333 e. The Labute approximate surface area is 161 Å². The molecule has 0 amide bonds. The lowest BCUT2D eigenvalue weighted by molar-refractivity contribution is 0.363. The van der Waals surface area contributed by atoms with Gasteiger partial charge in [-0.3, -0.25) is 9.36 Å². The molecule has 0 aliphatic carbocycles. The average molecular weight is 374 g/mol. The van der Waals surface area contributed by atoms with E-state index in [2.05, 4.69) is 29.3 Å². The van der Waals surface area contributed by atoms with Crippen LogP contribution in [0.2, 0.25) is 0 Å². The van der Waals surface area contributed by atoms with Gasteiger partial charge in [-0.25, -0.2) is 14.3 Å². The Balaban J connectivity index is 2.10. The average Bonchev–Trinajstić information content (AvgIpc) is 3.03. The van der Waals surface area contributed by atoms with Crippen molar-refractivity contribution < 1.29 is 4.74 Å². The second kappa shape index (κ2) is 7.73. The normalized spacial score (nSPS) is 10.2. The first kappa shape index (κ1) is 18.8. The van der Waals surface area contributed by atoms with Gasteiger partial charge >= 0.3 is 5.69 Å². The highest BCUT2D eigenvalue weighted by Crippen LogP contribution is 2.13. The van der Waals surface area contributed by atoms with Crippen molar-refractivity contribution in [2.24, 2.45) is 14.1 Å². The molecule has 7 heteroatoms. The molecule has 2 heterocycles. The maximum atomic E-state index is 12.7. The smallest absolute Gasteiger partial charge is 0.333 e. The number of terminal acetylenes is 1. The zero-order chi connectivity index (χ0) is 20.3. The lowest BCUT2D eigenvalue weighted by Crippen LogP contribution is -2.39. The Morgan fingerprint density at radius 1 is 1.25 bits per heavy atom. The molecule has 0 radical (unpaired) electrons. The summed E-state index contributed by atoms with van der Waals surface area (Å²) in [6.07, 6.45) is 6.93. The third kappa shape index (κ3) is 3.34. The van der Waals surface area contributed by atoms with Crippen LogP contribution in [0.3, 0.4) is 0 Å². The lowest BCUT2D eigenvalue weighted by atomic mass is 10.2. The molecule has 0 saturated carbocycles. The van der Waals surface area contributed by atoms with Crippen molar-refractivity contribution in [1.82, 2.24) is 18.7 Å². The highest BCUT2D eigenvalue weighted by Gasteiger charge is 2.17. The molecule has 0 unspecified atom stereocenters. The molecule has 2 aromatic heterocycles. The van der Waals surface area contributed by atoms with Gasteiger partial charge in [0, 0.05) is 19.7 Å². The van der Waals surface area contributed by atoms with E-state index in [-0.39, 0.29) is 17.7 Å². The molecular formula is C21H18N4O3. The van der Waals surface area contributed by atoms with Gasteiger partial charge in [0.2, 0.25) is 0 Å². The number of fused-ring (bicyclic) bond motifs is 1. The number of hydrogen-bond donors (Lipinski definition) is 0. The summed E-state index contributed by atoms with van der Waals surface area (Å²) in [5.74, 6) is 9.32. The second-order valence-electron chi connectivity index (χ2n) is 5.98. The molecule has 0 bridgehead atoms. The SMILES string of the molecule is C#CCn1c(=O)c2c(nc(C#Cc3cccc(OCC=C)c3)n2C)n(C)c1=O. The van der Waals surface area contributed by atoms with Gasteiger partial charge in [0.15, 0.2) is 17.0 Å². The molecule has 0 N–H and O–H groups in total. The number of aromatic nitrogens is 4. The number of ether oxygens (including phenoxy) is 1. The molecule has 0 fully saturated rings. The van der Waals surface area contributed by atoms with Crippen molar-refractivity contribution in [3.8, 4) is 29.9 Å². The summed E-state index contributed by atoms with van der Waals surface area (Å²) in [6, 6.07) is 7.30. The number of imidazole rings is 1. The first-order valence-corrected chi connectivity index (χ1v) is 8.43. The molecule has 7 nitrogen and oxygen atoms in total. The monoisotopic (exact) mass is 374 g/mol. The summed E-state index contributed by atoms with van der Waals surface area (Å²) in [4.78, 5) is 29.4. The predicted molar refractivity (Wildman–Crippen MR) is 107 cm³/mol. The molecule has 140 valence electrons. The van der Waals surface area contributed by atoms with E-state index in [1.54, 1.807) is 30.8 Å². The fraction of sp³-hybridized carbons (Fsp3) is 0.190. The van der Waals surface area contributed by atoms with Gasteiger partial charge in [-0.1, -0.05) is 30.6 Å². The molecule has 3 aromatic rings. The molecule has 28 heavy (non-hydrogen) atoms. The quantitative estimate of drug-likeness (QED) is 0.505. The summed E-state index contributed by atoms with van der Waals surface area (Å²) in [6.45, 7) is 3.91. The Hall–Kier alpha value is -3.97. The molecular weight excluding hydrogens is 356 g/mol. The van der Waals surface area contributed by atoms with Crippen molar-refractivity contribution in [3.05, 3.63) is 69.1 Å². The summed E-state index contributed by atoms with van der Waals surface area (Å²) in [5.41, 5.74) is 0.258. The van der Waals surface area contributed by atoms with E-state index >= 15 is 0 Å². The topological polar surface area (TPSA) is 71.1 Å². The van der Waals surface area contributed by atoms with Gasteiger partial charge in [-0.15, -0.1) is 6.42 Å². The summed E-state index contributed by atoms with van der Waals surface area (Å²) >= 11 is 0. The van der Waals surface area contributed by atoms with Gasteiger partial charge in [0.05, 0.1) is 6.54 Å². The summed E-state index contributed by atoms with van der Waals surface area (Å²) < 4.78 is 9.36. The zero-order valence-corrected chi connectivity index (χ0v) is 15.6. The van der Waals surface area contributed by atoms with Crippen LogP contribution >= 0.6 is 0 Å². The van der Waals surface area contributed by atoms with E-state index in [1.807, 2.05) is 18.2 Å². The molecule has 0 aliphatic heterocycles. The van der Waals surface area contributed by atoms with Crippen LogP contribution in [-0.4, -0.2) is 25.3 Å². The zero-order valence-electron chi connectivity index (χ0n) is 15.6. The Morgan fingerprint density at radius 2 is 2.04 bits per heavy atom. The number of benzene rings is 1. The lowest BCUT2D eigenvalue weighted by Gasteiger charge is -2.05. The van der Waals surface area contributed by atoms with Crippen molar-refractivity contribution in [3.63, 3.8) is 0 Å². The largest absolute Gasteiger partial charge is 0.490 e. The number of rotatable bonds is 4. The summed E-state index contributed by atoms with van der Waals surface area (Å²) in [7, 11) is 3.22. The van der Waals surface area contributed by atoms with E-state index in [0.717, 1.165) is 10.1 Å². The van der Waals surface area contributed by atoms with Crippen LogP contribution in [-0.2, 0) is 20.6 Å². The number of hydrogen-bond acceptors (Lipinski definition) is 4. The number of aryl methyl sites for hydroxylation is 2. The predicted octanol–water partition coefficient (Wildman–Crippen LogP) is 1.03.